The van der Waals surface area contributed by atoms with E-state index < -0.39 is 15.8 Å². The van der Waals surface area contributed by atoms with E-state index in [0.717, 1.165) is 18.3 Å². The van der Waals surface area contributed by atoms with Gasteiger partial charge in [-0.3, -0.25) is 4.72 Å². The molecule has 0 bridgehead atoms. The molecule has 0 aliphatic rings. The Morgan fingerprint density at radius 3 is 2.72 bits per heavy atom. The van der Waals surface area contributed by atoms with E-state index in [0.29, 0.717) is 0 Å². The van der Waals surface area contributed by atoms with Crippen LogP contribution in [0.1, 0.15) is 0 Å². The normalized spacial score (nSPS) is 11.5. The molecule has 2 rings (SSSR count). The van der Waals surface area contributed by atoms with Crippen molar-refractivity contribution in [3.63, 3.8) is 0 Å². The van der Waals surface area contributed by atoms with Gasteiger partial charge in [0.05, 0.1) is 23.2 Å². The topological polar surface area (TPSA) is 74.8 Å². The van der Waals surface area contributed by atoms with E-state index in [2.05, 4.69) is 30.6 Å². The summed E-state index contributed by atoms with van der Waals surface area (Å²) in [5.41, 5.74) is 0.0627. The highest BCUT2D eigenvalue weighted by Crippen LogP contribution is 2.33. The number of nitrogens with zero attached hydrogens (tertiary/aromatic N) is 1. The van der Waals surface area contributed by atoms with Crippen LogP contribution in [0.25, 0.3) is 0 Å². The first kappa shape index (κ1) is 13.3. The quantitative estimate of drug-likeness (QED) is 0.890. The third-order valence-electron chi connectivity index (χ3n) is 2.01. The van der Waals surface area contributed by atoms with Crippen LogP contribution in [0.4, 0.5) is 10.1 Å². The number of rotatable bonds is 3. The van der Waals surface area contributed by atoms with Gasteiger partial charge in [-0.1, -0.05) is 11.6 Å². The van der Waals surface area contributed by atoms with Crippen LogP contribution in [-0.2, 0) is 10.0 Å². The zero-order valence-electron chi connectivity index (χ0n) is 8.62. The Hall–Kier alpha value is -1.12. The molecule has 0 aliphatic heterocycles. The van der Waals surface area contributed by atoms with Gasteiger partial charge in [0.25, 0.3) is 10.0 Å². The van der Waals surface area contributed by atoms with E-state index in [9.17, 15) is 12.8 Å². The summed E-state index contributed by atoms with van der Waals surface area (Å²) in [5.74, 6) is -0.573. The monoisotopic (exact) mass is 353 g/mol. The lowest BCUT2D eigenvalue weighted by molar-refractivity contribution is 0.598. The highest BCUT2D eigenvalue weighted by molar-refractivity contribution is 9.10. The van der Waals surface area contributed by atoms with Gasteiger partial charge in [-0.25, -0.2) is 9.37 Å². The molecule has 5 nitrogen and oxygen atoms in total. The molecule has 0 saturated carbocycles. The second-order valence-electron chi connectivity index (χ2n) is 3.27. The molecule has 0 spiro atoms. The van der Waals surface area contributed by atoms with E-state index in [1.165, 1.54) is 6.33 Å². The SMILES string of the molecule is O=S(=O)(Nc1c(Cl)cc(F)cc1Br)c1cnc[nH]1. The van der Waals surface area contributed by atoms with Crippen molar-refractivity contribution in [1.29, 1.82) is 0 Å². The number of hydrogen-bond donors (Lipinski definition) is 2. The first-order valence-electron chi connectivity index (χ1n) is 4.56. The number of aromatic nitrogens is 2. The van der Waals surface area contributed by atoms with Gasteiger partial charge in [-0.15, -0.1) is 0 Å². The summed E-state index contributed by atoms with van der Waals surface area (Å²) in [7, 11) is -3.83. The van der Waals surface area contributed by atoms with Crippen molar-refractivity contribution in [2.45, 2.75) is 5.03 Å². The lowest BCUT2D eigenvalue weighted by atomic mass is 10.3. The molecule has 2 N–H and O–H groups in total. The number of hydrogen-bond acceptors (Lipinski definition) is 3. The third-order valence-corrected chi connectivity index (χ3v) is 4.20. The Morgan fingerprint density at radius 2 is 2.17 bits per heavy atom. The van der Waals surface area contributed by atoms with Gasteiger partial charge in [-0.2, -0.15) is 8.42 Å². The minimum absolute atomic E-state index is 0.0510. The van der Waals surface area contributed by atoms with Crippen LogP contribution >= 0.6 is 27.5 Å². The van der Waals surface area contributed by atoms with Crippen LogP contribution in [0.15, 0.2) is 34.2 Å². The molecule has 0 fully saturated rings. The van der Waals surface area contributed by atoms with Gasteiger partial charge in [0.15, 0.2) is 5.03 Å². The van der Waals surface area contributed by atoms with Crippen LogP contribution in [0, 0.1) is 5.82 Å². The van der Waals surface area contributed by atoms with Gasteiger partial charge in [0.2, 0.25) is 0 Å². The first-order chi connectivity index (χ1) is 8.40. The van der Waals surface area contributed by atoms with E-state index in [4.69, 9.17) is 11.6 Å². The predicted molar refractivity (Wildman–Crippen MR) is 68.5 cm³/mol. The summed E-state index contributed by atoms with van der Waals surface area (Å²) < 4.78 is 39.2. The fourth-order valence-corrected chi connectivity index (χ4v) is 3.31. The summed E-state index contributed by atoms with van der Waals surface area (Å²) in [4.78, 5) is 6.06. The third kappa shape index (κ3) is 2.65. The van der Waals surface area contributed by atoms with Crippen LogP contribution < -0.4 is 4.72 Å². The standard InChI is InChI=1S/C9H6BrClFN3O2S/c10-6-1-5(12)2-7(11)9(6)15-18(16,17)8-3-13-4-14-8/h1-4,15H,(H,13,14). The zero-order valence-corrected chi connectivity index (χ0v) is 11.8. The van der Waals surface area contributed by atoms with Crippen LogP contribution in [0.2, 0.25) is 5.02 Å². The molecule has 1 aromatic carbocycles. The zero-order chi connectivity index (χ0) is 13.3. The number of halogens is 3. The molecular weight excluding hydrogens is 349 g/mol. The number of anilines is 1. The highest BCUT2D eigenvalue weighted by Gasteiger charge is 2.19. The fraction of sp³-hybridized carbons (Fsp3) is 0. The minimum Gasteiger partial charge on any atom is -0.334 e. The lowest BCUT2D eigenvalue weighted by Gasteiger charge is -2.10. The van der Waals surface area contributed by atoms with Gasteiger partial charge < -0.3 is 4.98 Å². The van der Waals surface area contributed by atoms with Gasteiger partial charge in [0, 0.05) is 4.47 Å². The first-order valence-corrected chi connectivity index (χ1v) is 7.21. The number of sulfonamides is 1. The van der Waals surface area contributed by atoms with Crippen molar-refractivity contribution in [1.82, 2.24) is 9.97 Å². The van der Waals surface area contributed by atoms with Crippen molar-refractivity contribution in [3.8, 4) is 0 Å². The summed E-state index contributed by atoms with van der Waals surface area (Å²) >= 11 is 8.82. The van der Waals surface area contributed by atoms with Crippen molar-refractivity contribution >= 4 is 43.2 Å². The summed E-state index contributed by atoms with van der Waals surface area (Å²) in [6, 6.07) is 2.12. The van der Waals surface area contributed by atoms with Crippen LogP contribution in [0.3, 0.4) is 0 Å². The van der Waals surface area contributed by atoms with E-state index >= 15 is 0 Å². The average molecular weight is 355 g/mol. The van der Waals surface area contributed by atoms with Gasteiger partial charge in [-0.05, 0) is 28.1 Å². The predicted octanol–water partition coefficient (Wildman–Crippen LogP) is 2.77. The van der Waals surface area contributed by atoms with E-state index in [1.807, 2.05) is 0 Å². The van der Waals surface area contributed by atoms with Gasteiger partial charge >= 0.3 is 0 Å². The molecular formula is C9H6BrClFN3O2S. The molecule has 0 unspecified atom stereocenters. The maximum Gasteiger partial charge on any atom is 0.279 e. The number of benzene rings is 1. The molecule has 9 heteroatoms. The summed E-state index contributed by atoms with van der Waals surface area (Å²) in [6.07, 6.45) is 2.38. The van der Waals surface area contributed by atoms with E-state index in [-0.39, 0.29) is 20.2 Å². The van der Waals surface area contributed by atoms with Crippen molar-refractivity contribution in [2.75, 3.05) is 4.72 Å². The molecule has 1 heterocycles. The minimum atomic E-state index is -3.83. The number of aromatic amines is 1. The molecule has 18 heavy (non-hydrogen) atoms. The highest BCUT2D eigenvalue weighted by atomic mass is 79.9. The Bertz CT molecular complexity index is 652. The number of imidazole rings is 1. The molecule has 0 atom stereocenters. The lowest BCUT2D eigenvalue weighted by Crippen LogP contribution is -2.14. The smallest absolute Gasteiger partial charge is 0.279 e. The Balaban J connectivity index is 2.42. The molecule has 0 radical (unpaired) electrons. The average Bonchev–Trinajstić information content (AvgIpc) is 2.77. The summed E-state index contributed by atoms with van der Waals surface area (Å²) in [6.45, 7) is 0. The summed E-state index contributed by atoms with van der Waals surface area (Å²) in [5, 5.41) is -0.167. The maximum atomic E-state index is 13.0. The molecule has 1 aromatic heterocycles. The Kier molecular flexibility index (Phi) is 3.60. The number of nitrogens with one attached hydrogen (secondary N) is 2. The number of H-pyrrole nitrogens is 1. The van der Waals surface area contributed by atoms with E-state index in [1.54, 1.807) is 0 Å². The fourth-order valence-electron chi connectivity index (χ4n) is 1.22. The Morgan fingerprint density at radius 1 is 1.44 bits per heavy atom. The Labute approximate surface area is 116 Å². The molecule has 0 saturated heterocycles. The second-order valence-corrected chi connectivity index (χ2v) is 6.18. The second kappa shape index (κ2) is 4.87. The largest absolute Gasteiger partial charge is 0.334 e. The molecule has 2 aromatic rings. The van der Waals surface area contributed by atoms with Gasteiger partial charge in [0.1, 0.15) is 5.82 Å². The maximum absolute atomic E-state index is 13.0. The molecule has 0 amide bonds. The van der Waals surface area contributed by atoms with Crippen LogP contribution in [0.5, 0.6) is 0 Å². The molecule has 96 valence electrons. The van der Waals surface area contributed by atoms with Crippen molar-refractivity contribution < 1.29 is 12.8 Å². The van der Waals surface area contributed by atoms with Crippen molar-refractivity contribution in [3.05, 3.63) is 40.0 Å². The van der Waals surface area contributed by atoms with Crippen LogP contribution in [-0.4, -0.2) is 18.4 Å². The van der Waals surface area contributed by atoms with Crippen molar-refractivity contribution in [2.24, 2.45) is 0 Å². The molecule has 0 aliphatic carbocycles.